The molecule has 1 amide bonds. The molecule has 0 atom stereocenters. The Morgan fingerprint density at radius 2 is 2.00 bits per heavy atom. The third-order valence-corrected chi connectivity index (χ3v) is 4.44. The molecule has 0 saturated carbocycles. The van der Waals surface area contributed by atoms with Crippen LogP contribution in [0.25, 0.3) is 0 Å². The van der Waals surface area contributed by atoms with E-state index in [4.69, 9.17) is 5.73 Å². The third-order valence-electron chi connectivity index (χ3n) is 3.29. The van der Waals surface area contributed by atoms with E-state index in [2.05, 4.69) is 5.32 Å². The number of anilines is 1. The number of hydrogen-bond acceptors (Lipinski definition) is 3. The van der Waals surface area contributed by atoms with Crippen molar-refractivity contribution in [3.05, 3.63) is 50.5 Å². The number of amides is 1. The Hall–Kier alpha value is -1.88. The molecule has 0 aliphatic heterocycles. The highest BCUT2D eigenvalue weighted by Gasteiger charge is 2.11. The first-order chi connectivity index (χ1) is 9.38. The number of aryl methyl sites for hydroxylation is 2. The van der Waals surface area contributed by atoms with E-state index < -0.39 is 5.82 Å². The molecule has 0 bridgehead atoms. The molecule has 1 heterocycles. The Labute approximate surface area is 121 Å². The highest BCUT2D eigenvalue weighted by Crippen LogP contribution is 2.21. The van der Waals surface area contributed by atoms with E-state index in [1.165, 1.54) is 22.6 Å². The van der Waals surface area contributed by atoms with Gasteiger partial charge in [-0.1, -0.05) is 0 Å². The fourth-order valence-electron chi connectivity index (χ4n) is 1.84. The van der Waals surface area contributed by atoms with Crippen molar-refractivity contribution in [1.29, 1.82) is 0 Å². The number of nitrogens with two attached hydrogens (primary N) is 1. The Morgan fingerprint density at radius 3 is 2.55 bits per heavy atom. The summed E-state index contributed by atoms with van der Waals surface area (Å²) >= 11 is 1.65. The minimum atomic E-state index is -0.460. The molecule has 2 aromatic rings. The van der Waals surface area contributed by atoms with Crippen molar-refractivity contribution in [2.75, 3.05) is 5.73 Å². The van der Waals surface area contributed by atoms with E-state index in [9.17, 15) is 9.18 Å². The molecule has 106 valence electrons. The summed E-state index contributed by atoms with van der Waals surface area (Å²) in [6.07, 6.45) is 0. The predicted octanol–water partition coefficient (Wildman–Crippen LogP) is 3.32. The summed E-state index contributed by atoms with van der Waals surface area (Å²) in [6, 6.07) is 4.76. The number of thiophene rings is 1. The first-order valence-corrected chi connectivity index (χ1v) is 7.10. The highest BCUT2D eigenvalue weighted by molar-refractivity contribution is 7.12. The summed E-state index contributed by atoms with van der Waals surface area (Å²) in [6.45, 7) is 6.10. The fraction of sp³-hybridized carbons (Fsp3) is 0.267. The number of benzene rings is 1. The Balaban J connectivity index is 2.09. The van der Waals surface area contributed by atoms with Gasteiger partial charge in [-0.2, -0.15) is 0 Å². The van der Waals surface area contributed by atoms with E-state index >= 15 is 0 Å². The quantitative estimate of drug-likeness (QED) is 0.853. The summed E-state index contributed by atoms with van der Waals surface area (Å²) in [5.74, 6) is -0.780. The maximum absolute atomic E-state index is 13.6. The standard InChI is InChI=1S/C15H17FN2OS/c1-8-4-12(20-10(8)3)7-18-15(19)11-5-13(16)9(2)14(17)6-11/h4-6H,7,17H2,1-3H3,(H,18,19). The highest BCUT2D eigenvalue weighted by atomic mass is 32.1. The summed E-state index contributed by atoms with van der Waals surface area (Å²) in [5, 5.41) is 2.78. The van der Waals surface area contributed by atoms with Crippen LogP contribution in [0, 0.1) is 26.6 Å². The average molecular weight is 292 g/mol. The van der Waals surface area contributed by atoms with E-state index in [0.717, 1.165) is 4.88 Å². The van der Waals surface area contributed by atoms with Crippen molar-refractivity contribution in [1.82, 2.24) is 5.32 Å². The fourth-order valence-corrected chi connectivity index (χ4v) is 2.83. The smallest absolute Gasteiger partial charge is 0.251 e. The van der Waals surface area contributed by atoms with Crippen LogP contribution in [-0.2, 0) is 6.54 Å². The number of rotatable bonds is 3. The molecule has 0 radical (unpaired) electrons. The van der Waals surface area contributed by atoms with E-state index in [0.29, 0.717) is 12.1 Å². The van der Waals surface area contributed by atoms with Crippen LogP contribution in [0.2, 0.25) is 0 Å². The predicted molar refractivity (Wildman–Crippen MR) is 80.5 cm³/mol. The molecule has 0 aliphatic carbocycles. The second kappa shape index (κ2) is 5.63. The second-order valence-corrected chi connectivity index (χ2v) is 6.15. The van der Waals surface area contributed by atoms with Crippen LogP contribution in [0.1, 0.15) is 31.2 Å². The minimum absolute atomic E-state index is 0.246. The maximum Gasteiger partial charge on any atom is 0.251 e. The van der Waals surface area contributed by atoms with Crippen LogP contribution < -0.4 is 11.1 Å². The Bertz CT molecular complexity index is 621. The van der Waals surface area contributed by atoms with Crippen LogP contribution in [0.15, 0.2) is 18.2 Å². The summed E-state index contributed by atoms with van der Waals surface area (Å²) in [7, 11) is 0. The van der Waals surface area contributed by atoms with Gasteiger partial charge in [0.15, 0.2) is 0 Å². The molecule has 0 aliphatic rings. The van der Waals surface area contributed by atoms with Gasteiger partial charge in [0.1, 0.15) is 5.82 Å². The van der Waals surface area contributed by atoms with Gasteiger partial charge >= 0.3 is 0 Å². The molecule has 1 aromatic carbocycles. The van der Waals surface area contributed by atoms with Crippen molar-refractivity contribution in [3.63, 3.8) is 0 Å². The molecular formula is C15H17FN2OS. The molecule has 0 saturated heterocycles. The number of nitrogens with one attached hydrogen (secondary N) is 1. The average Bonchev–Trinajstić information content (AvgIpc) is 2.72. The van der Waals surface area contributed by atoms with Crippen LogP contribution in [0.3, 0.4) is 0 Å². The number of carbonyl (C=O) groups is 1. The lowest BCUT2D eigenvalue weighted by molar-refractivity contribution is 0.0951. The van der Waals surface area contributed by atoms with Gasteiger partial charge in [-0.25, -0.2) is 4.39 Å². The first kappa shape index (κ1) is 14.5. The minimum Gasteiger partial charge on any atom is -0.398 e. The zero-order chi connectivity index (χ0) is 14.9. The number of nitrogen functional groups attached to an aromatic ring is 1. The van der Waals surface area contributed by atoms with E-state index in [-0.39, 0.29) is 17.2 Å². The lowest BCUT2D eigenvalue weighted by Gasteiger charge is -2.07. The molecule has 2 rings (SSSR count). The first-order valence-electron chi connectivity index (χ1n) is 6.28. The monoisotopic (exact) mass is 292 g/mol. The molecule has 1 aromatic heterocycles. The van der Waals surface area contributed by atoms with Gasteiger partial charge in [-0.3, -0.25) is 4.79 Å². The normalized spacial score (nSPS) is 10.6. The maximum atomic E-state index is 13.6. The second-order valence-electron chi connectivity index (χ2n) is 4.81. The van der Waals surface area contributed by atoms with Gasteiger partial charge in [0, 0.05) is 26.6 Å². The van der Waals surface area contributed by atoms with Gasteiger partial charge in [0.2, 0.25) is 0 Å². The van der Waals surface area contributed by atoms with Crippen molar-refractivity contribution < 1.29 is 9.18 Å². The van der Waals surface area contributed by atoms with Crippen LogP contribution in [0.5, 0.6) is 0 Å². The van der Waals surface area contributed by atoms with Crippen molar-refractivity contribution in [3.8, 4) is 0 Å². The van der Waals surface area contributed by atoms with E-state index in [1.54, 1.807) is 18.3 Å². The zero-order valence-corrected chi connectivity index (χ0v) is 12.5. The lowest BCUT2D eigenvalue weighted by atomic mass is 10.1. The number of halogens is 1. The van der Waals surface area contributed by atoms with Gasteiger partial charge in [-0.15, -0.1) is 11.3 Å². The van der Waals surface area contributed by atoms with Gasteiger partial charge in [0.05, 0.1) is 6.54 Å². The van der Waals surface area contributed by atoms with Gasteiger partial charge < -0.3 is 11.1 Å². The van der Waals surface area contributed by atoms with Crippen LogP contribution >= 0.6 is 11.3 Å². The van der Waals surface area contributed by atoms with Gasteiger partial charge in [0.25, 0.3) is 5.91 Å². The lowest BCUT2D eigenvalue weighted by Crippen LogP contribution is -2.22. The largest absolute Gasteiger partial charge is 0.398 e. The summed E-state index contributed by atoms with van der Waals surface area (Å²) in [5.41, 5.74) is 7.79. The number of carbonyl (C=O) groups excluding carboxylic acids is 1. The van der Waals surface area contributed by atoms with Crippen LogP contribution in [-0.4, -0.2) is 5.91 Å². The topological polar surface area (TPSA) is 55.1 Å². The summed E-state index contributed by atoms with van der Waals surface area (Å²) in [4.78, 5) is 14.3. The molecule has 0 spiro atoms. The Kier molecular flexibility index (Phi) is 4.09. The van der Waals surface area contributed by atoms with E-state index in [1.807, 2.05) is 19.9 Å². The summed E-state index contributed by atoms with van der Waals surface area (Å²) < 4.78 is 13.6. The van der Waals surface area contributed by atoms with Gasteiger partial charge in [-0.05, 0) is 44.5 Å². The van der Waals surface area contributed by atoms with Crippen molar-refractivity contribution in [2.24, 2.45) is 0 Å². The molecule has 3 nitrogen and oxygen atoms in total. The van der Waals surface area contributed by atoms with Crippen molar-refractivity contribution in [2.45, 2.75) is 27.3 Å². The SMILES string of the molecule is Cc1cc(CNC(=O)c2cc(N)c(C)c(F)c2)sc1C. The zero-order valence-electron chi connectivity index (χ0n) is 11.7. The molecule has 0 fully saturated rings. The molecule has 20 heavy (non-hydrogen) atoms. The third kappa shape index (κ3) is 2.99. The number of hydrogen-bond donors (Lipinski definition) is 2. The molecule has 5 heteroatoms. The Morgan fingerprint density at radius 1 is 1.30 bits per heavy atom. The van der Waals surface area contributed by atoms with Crippen molar-refractivity contribution >= 4 is 22.9 Å². The molecule has 0 unspecified atom stereocenters. The molecule has 3 N–H and O–H groups in total. The molecular weight excluding hydrogens is 275 g/mol. The van der Waals surface area contributed by atoms with Crippen LogP contribution in [0.4, 0.5) is 10.1 Å².